The Labute approximate surface area is 125 Å². The predicted octanol–water partition coefficient (Wildman–Crippen LogP) is 1.93. The highest BCUT2D eigenvalue weighted by molar-refractivity contribution is 7.89. The van der Waals surface area contributed by atoms with Crippen LogP contribution in [0, 0.1) is 12.7 Å². The lowest BCUT2D eigenvalue weighted by Crippen LogP contribution is -2.44. The van der Waals surface area contributed by atoms with Gasteiger partial charge in [0.15, 0.2) is 0 Å². The van der Waals surface area contributed by atoms with E-state index >= 15 is 0 Å². The van der Waals surface area contributed by atoms with Crippen molar-refractivity contribution in [2.75, 3.05) is 20.1 Å². The maximum Gasteiger partial charge on any atom is 0.243 e. The first-order chi connectivity index (χ1) is 8.95. The summed E-state index contributed by atoms with van der Waals surface area (Å²) in [4.78, 5) is 0.0791. The number of hydrogen-bond donors (Lipinski definition) is 1. The van der Waals surface area contributed by atoms with Gasteiger partial charge in [-0.05, 0) is 44.5 Å². The number of aryl methyl sites for hydroxylation is 1. The summed E-state index contributed by atoms with van der Waals surface area (Å²) in [5.74, 6) is -0.519. The molecule has 0 saturated carbocycles. The van der Waals surface area contributed by atoms with Crippen LogP contribution in [0.3, 0.4) is 0 Å². The fraction of sp³-hybridized carbons (Fsp3) is 0.538. The molecule has 0 spiro atoms. The van der Waals surface area contributed by atoms with Crippen molar-refractivity contribution >= 4 is 22.4 Å². The van der Waals surface area contributed by atoms with Gasteiger partial charge in [0.2, 0.25) is 10.0 Å². The summed E-state index contributed by atoms with van der Waals surface area (Å²) in [6, 6.07) is 4.25. The van der Waals surface area contributed by atoms with E-state index in [1.54, 1.807) is 6.92 Å². The first-order valence-corrected chi connectivity index (χ1v) is 7.82. The molecule has 0 aromatic heterocycles. The molecule has 1 saturated heterocycles. The van der Waals surface area contributed by atoms with E-state index in [9.17, 15) is 12.8 Å². The summed E-state index contributed by atoms with van der Waals surface area (Å²) in [5.41, 5.74) is 0.581. The summed E-state index contributed by atoms with van der Waals surface area (Å²) in [6.45, 7) is 2.64. The van der Waals surface area contributed by atoms with Crippen LogP contribution in [-0.2, 0) is 10.0 Å². The zero-order valence-electron chi connectivity index (χ0n) is 11.6. The molecule has 7 heteroatoms. The standard InChI is InChI=1S/C13H19FN2O2S.ClH/c1-10-3-4-11(14)9-13(10)19(17,18)16-7-5-12(15-2)6-8-16;/h3-4,9,12,15H,5-8H2,1-2H3;1H. The number of halogens is 2. The van der Waals surface area contributed by atoms with Gasteiger partial charge >= 0.3 is 0 Å². The number of piperidine rings is 1. The van der Waals surface area contributed by atoms with E-state index in [4.69, 9.17) is 0 Å². The third kappa shape index (κ3) is 3.49. The highest BCUT2D eigenvalue weighted by Crippen LogP contribution is 2.24. The number of benzene rings is 1. The number of sulfonamides is 1. The third-order valence-electron chi connectivity index (χ3n) is 3.63. The van der Waals surface area contributed by atoms with Crippen LogP contribution in [0.15, 0.2) is 23.1 Å². The van der Waals surface area contributed by atoms with E-state index in [0.717, 1.165) is 18.9 Å². The Morgan fingerprint density at radius 3 is 2.45 bits per heavy atom. The number of rotatable bonds is 3. The zero-order chi connectivity index (χ0) is 14.0. The minimum absolute atomic E-state index is 0. The van der Waals surface area contributed by atoms with Gasteiger partial charge in [0.05, 0.1) is 4.90 Å². The maximum absolute atomic E-state index is 13.3. The first kappa shape index (κ1) is 17.4. The molecule has 0 aliphatic carbocycles. The molecular weight excluding hydrogens is 303 g/mol. The molecule has 0 unspecified atom stereocenters. The Kier molecular flexibility index (Phi) is 5.94. The quantitative estimate of drug-likeness (QED) is 0.925. The lowest BCUT2D eigenvalue weighted by molar-refractivity contribution is 0.298. The van der Waals surface area contributed by atoms with Crippen molar-refractivity contribution in [2.45, 2.75) is 30.7 Å². The van der Waals surface area contributed by atoms with E-state index in [0.29, 0.717) is 24.7 Å². The van der Waals surface area contributed by atoms with Crippen molar-refractivity contribution in [3.05, 3.63) is 29.6 Å². The van der Waals surface area contributed by atoms with Crippen LogP contribution < -0.4 is 5.32 Å². The average Bonchev–Trinajstić information content (AvgIpc) is 2.41. The highest BCUT2D eigenvalue weighted by atomic mass is 35.5. The smallest absolute Gasteiger partial charge is 0.243 e. The molecule has 4 nitrogen and oxygen atoms in total. The summed E-state index contributed by atoms with van der Waals surface area (Å²) >= 11 is 0. The van der Waals surface area contributed by atoms with Gasteiger partial charge in [-0.3, -0.25) is 0 Å². The van der Waals surface area contributed by atoms with Crippen LogP contribution >= 0.6 is 12.4 Å². The normalized spacial score (nSPS) is 17.8. The number of nitrogens with zero attached hydrogens (tertiary/aromatic N) is 1. The molecule has 1 aliphatic rings. The van der Waals surface area contributed by atoms with Gasteiger partial charge in [-0.15, -0.1) is 12.4 Å². The van der Waals surface area contributed by atoms with Crippen LogP contribution in [0.5, 0.6) is 0 Å². The van der Waals surface area contributed by atoms with E-state index < -0.39 is 15.8 Å². The molecule has 1 aromatic carbocycles. The first-order valence-electron chi connectivity index (χ1n) is 6.38. The summed E-state index contributed by atoms with van der Waals surface area (Å²) in [5, 5.41) is 3.15. The average molecular weight is 323 g/mol. The van der Waals surface area contributed by atoms with E-state index in [1.807, 2.05) is 7.05 Å². The molecule has 20 heavy (non-hydrogen) atoms. The second-order valence-electron chi connectivity index (χ2n) is 4.88. The summed E-state index contributed by atoms with van der Waals surface area (Å²) in [7, 11) is -1.70. The van der Waals surface area contributed by atoms with E-state index in [-0.39, 0.29) is 17.3 Å². The Balaban J connectivity index is 0.00000200. The second-order valence-corrected chi connectivity index (χ2v) is 6.78. The Hall–Kier alpha value is -0.690. The topological polar surface area (TPSA) is 49.4 Å². The van der Waals surface area contributed by atoms with E-state index in [2.05, 4.69) is 5.32 Å². The molecule has 0 atom stereocenters. The van der Waals surface area contributed by atoms with Gasteiger partial charge in [0.1, 0.15) is 5.82 Å². The van der Waals surface area contributed by atoms with Crippen molar-refractivity contribution in [3.63, 3.8) is 0 Å². The van der Waals surface area contributed by atoms with Gasteiger partial charge in [-0.1, -0.05) is 6.07 Å². The van der Waals surface area contributed by atoms with Crippen molar-refractivity contribution in [3.8, 4) is 0 Å². The van der Waals surface area contributed by atoms with Crippen LogP contribution in [0.4, 0.5) is 4.39 Å². The molecule has 0 amide bonds. The van der Waals surface area contributed by atoms with Crippen LogP contribution in [0.2, 0.25) is 0 Å². The van der Waals surface area contributed by atoms with Gasteiger partial charge in [-0.2, -0.15) is 4.31 Å². The number of hydrogen-bond acceptors (Lipinski definition) is 3. The molecule has 0 radical (unpaired) electrons. The highest BCUT2D eigenvalue weighted by Gasteiger charge is 2.30. The zero-order valence-corrected chi connectivity index (χ0v) is 13.2. The largest absolute Gasteiger partial charge is 0.317 e. The van der Waals surface area contributed by atoms with Crippen molar-refractivity contribution in [2.24, 2.45) is 0 Å². The fourth-order valence-corrected chi connectivity index (χ4v) is 4.08. The lowest BCUT2D eigenvalue weighted by atomic mass is 10.1. The molecule has 114 valence electrons. The molecule has 1 aromatic rings. The van der Waals surface area contributed by atoms with Crippen molar-refractivity contribution in [1.82, 2.24) is 9.62 Å². The van der Waals surface area contributed by atoms with Crippen molar-refractivity contribution < 1.29 is 12.8 Å². The fourth-order valence-electron chi connectivity index (χ4n) is 2.38. The van der Waals surface area contributed by atoms with Crippen LogP contribution in [0.1, 0.15) is 18.4 Å². The third-order valence-corrected chi connectivity index (χ3v) is 5.67. The number of nitrogens with one attached hydrogen (secondary N) is 1. The SMILES string of the molecule is CNC1CCN(S(=O)(=O)c2cc(F)ccc2C)CC1.Cl. The van der Waals surface area contributed by atoms with E-state index in [1.165, 1.54) is 16.4 Å². The van der Waals surface area contributed by atoms with Crippen LogP contribution in [0.25, 0.3) is 0 Å². The lowest BCUT2D eigenvalue weighted by Gasteiger charge is -2.31. The van der Waals surface area contributed by atoms with Gasteiger partial charge in [0, 0.05) is 19.1 Å². The molecule has 0 bridgehead atoms. The molecule has 1 aliphatic heterocycles. The van der Waals surface area contributed by atoms with Crippen LogP contribution in [-0.4, -0.2) is 38.9 Å². The second kappa shape index (κ2) is 6.85. The molecule has 1 fully saturated rings. The predicted molar refractivity (Wildman–Crippen MR) is 79.2 cm³/mol. The van der Waals surface area contributed by atoms with Gasteiger partial charge in [0.25, 0.3) is 0 Å². The van der Waals surface area contributed by atoms with Crippen molar-refractivity contribution in [1.29, 1.82) is 0 Å². The molecule has 2 rings (SSSR count). The van der Waals surface area contributed by atoms with Gasteiger partial charge < -0.3 is 5.32 Å². The summed E-state index contributed by atoms with van der Waals surface area (Å²) in [6.07, 6.45) is 1.56. The molecule has 1 heterocycles. The monoisotopic (exact) mass is 322 g/mol. The minimum atomic E-state index is -3.58. The van der Waals surface area contributed by atoms with Gasteiger partial charge in [-0.25, -0.2) is 12.8 Å². The minimum Gasteiger partial charge on any atom is -0.317 e. The maximum atomic E-state index is 13.3. The molecule has 1 N–H and O–H groups in total. The Morgan fingerprint density at radius 1 is 1.30 bits per heavy atom. The Bertz CT molecular complexity index is 557. The Morgan fingerprint density at radius 2 is 1.90 bits per heavy atom. The molecular formula is C13H20ClFN2O2S. The summed E-state index contributed by atoms with van der Waals surface area (Å²) < 4.78 is 39.7.